The summed E-state index contributed by atoms with van der Waals surface area (Å²) in [6.07, 6.45) is -4.51. The summed E-state index contributed by atoms with van der Waals surface area (Å²) in [5, 5.41) is 1.19. The average Bonchev–Trinajstić information content (AvgIpc) is 3.62. The molecule has 3 heterocycles. The van der Waals surface area contributed by atoms with Crippen LogP contribution in [0.1, 0.15) is 11.1 Å². The zero-order valence-corrected chi connectivity index (χ0v) is 32.1. The molecule has 0 radical (unpaired) electrons. The third-order valence-corrected chi connectivity index (χ3v) is 10.5. The maximum absolute atomic E-state index is 14.2. The van der Waals surface area contributed by atoms with Gasteiger partial charge in [0, 0.05) is 44.2 Å². The van der Waals surface area contributed by atoms with Crippen LogP contribution in [0, 0.1) is 6.92 Å². The summed E-state index contributed by atoms with van der Waals surface area (Å²) in [4.78, 5) is 25.4. The second-order valence-electron chi connectivity index (χ2n) is 14.5. The van der Waals surface area contributed by atoms with E-state index in [0.29, 0.717) is 67.8 Å². The SMILES string of the molecule is Cc1ccc2c(c1)c1cc(C(F)(F)F)ccc1n2-c1ccc(-c2nc(-c3ccccc3)nc(-c3ccccc3)n2)cc1-c1nc(-c2ccccc2)cc(-c2ccccc2)n1. The number of alkyl halides is 3. The molecule has 0 saturated heterocycles. The lowest BCUT2D eigenvalue weighted by molar-refractivity contribution is -0.137. The van der Waals surface area contributed by atoms with Gasteiger partial charge in [-0.3, -0.25) is 0 Å². The normalized spacial score (nSPS) is 11.7. The number of aryl methyl sites for hydroxylation is 1. The predicted molar refractivity (Wildman–Crippen MR) is 232 cm³/mol. The fraction of sp³-hybridized carbons (Fsp3) is 0.0392. The van der Waals surface area contributed by atoms with Crippen molar-refractivity contribution in [1.29, 1.82) is 0 Å². The molecule has 288 valence electrons. The van der Waals surface area contributed by atoms with Crippen molar-refractivity contribution in [1.82, 2.24) is 29.5 Å². The molecule has 0 unspecified atom stereocenters. The van der Waals surface area contributed by atoms with Gasteiger partial charge in [0.15, 0.2) is 23.3 Å². The largest absolute Gasteiger partial charge is 0.416 e. The van der Waals surface area contributed by atoms with Gasteiger partial charge in [-0.05, 0) is 61.5 Å². The van der Waals surface area contributed by atoms with E-state index in [1.165, 1.54) is 6.07 Å². The highest BCUT2D eigenvalue weighted by Gasteiger charge is 2.31. The van der Waals surface area contributed by atoms with Gasteiger partial charge >= 0.3 is 6.18 Å². The molecular weight excluding hydrogens is 754 g/mol. The molecule has 7 aromatic carbocycles. The van der Waals surface area contributed by atoms with E-state index in [0.717, 1.165) is 39.4 Å². The molecule has 0 spiro atoms. The van der Waals surface area contributed by atoms with Gasteiger partial charge in [-0.15, -0.1) is 0 Å². The molecule has 0 aliphatic rings. The second-order valence-corrected chi connectivity index (χ2v) is 14.5. The lowest BCUT2D eigenvalue weighted by Crippen LogP contribution is -2.05. The van der Waals surface area contributed by atoms with Crippen LogP contribution in [0.4, 0.5) is 13.2 Å². The van der Waals surface area contributed by atoms with E-state index in [1.54, 1.807) is 6.07 Å². The van der Waals surface area contributed by atoms with Crippen LogP contribution in [0.15, 0.2) is 182 Å². The van der Waals surface area contributed by atoms with Crippen LogP contribution in [0.2, 0.25) is 0 Å². The minimum Gasteiger partial charge on any atom is -0.309 e. The number of aromatic nitrogens is 6. The van der Waals surface area contributed by atoms with Crippen LogP contribution < -0.4 is 0 Å². The van der Waals surface area contributed by atoms with E-state index in [1.807, 2.05) is 175 Å². The van der Waals surface area contributed by atoms with Gasteiger partial charge in [0.1, 0.15) is 0 Å². The summed E-state index contributed by atoms with van der Waals surface area (Å²) in [5.74, 6) is 1.88. The highest BCUT2D eigenvalue weighted by atomic mass is 19.4. The quantitative estimate of drug-likeness (QED) is 0.161. The standard InChI is InChI=1S/C51H33F3N6/c1-32-22-25-44-39(28-32)40-30-38(51(52,53)54)24-27-45(40)60(44)46-26-23-37(49-58-47(35-18-10-4-11-19-35)57-48(59-49)36-20-12-5-13-21-36)29-41(46)50-55-42(33-14-6-2-7-15-33)31-43(56-50)34-16-8-3-9-17-34/h2-31H,1H3. The molecule has 10 aromatic rings. The molecule has 0 saturated carbocycles. The summed E-state index contributed by atoms with van der Waals surface area (Å²) in [5.41, 5.74) is 8.44. The highest BCUT2D eigenvalue weighted by molar-refractivity contribution is 6.10. The number of rotatable bonds is 7. The number of hydrogen-bond acceptors (Lipinski definition) is 5. The Morgan fingerprint density at radius 2 is 0.867 bits per heavy atom. The first-order valence-electron chi connectivity index (χ1n) is 19.4. The first-order chi connectivity index (χ1) is 29.3. The predicted octanol–water partition coefficient (Wildman–Crippen LogP) is 13.1. The molecule has 6 nitrogen and oxygen atoms in total. The van der Waals surface area contributed by atoms with Crippen LogP contribution in [-0.4, -0.2) is 29.5 Å². The summed E-state index contributed by atoms with van der Waals surface area (Å²) in [7, 11) is 0. The minimum absolute atomic E-state index is 0.418. The zero-order chi connectivity index (χ0) is 40.8. The molecule has 0 N–H and O–H groups in total. The first-order valence-corrected chi connectivity index (χ1v) is 19.4. The van der Waals surface area contributed by atoms with E-state index >= 15 is 0 Å². The lowest BCUT2D eigenvalue weighted by Gasteiger charge is -2.17. The van der Waals surface area contributed by atoms with E-state index in [2.05, 4.69) is 0 Å². The molecule has 10 rings (SSSR count). The highest BCUT2D eigenvalue weighted by Crippen LogP contribution is 2.41. The molecule has 9 heteroatoms. The maximum Gasteiger partial charge on any atom is 0.416 e. The maximum atomic E-state index is 14.2. The van der Waals surface area contributed by atoms with E-state index in [9.17, 15) is 13.2 Å². The topological polar surface area (TPSA) is 69.4 Å². The summed E-state index contributed by atoms with van der Waals surface area (Å²) in [6.45, 7) is 1.94. The van der Waals surface area contributed by atoms with E-state index in [4.69, 9.17) is 24.9 Å². The van der Waals surface area contributed by atoms with Crippen molar-refractivity contribution in [3.63, 3.8) is 0 Å². The van der Waals surface area contributed by atoms with Gasteiger partial charge < -0.3 is 4.57 Å². The van der Waals surface area contributed by atoms with Crippen molar-refractivity contribution < 1.29 is 13.2 Å². The van der Waals surface area contributed by atoms with Crippen molar-refractivity contribution in [3.8, 4) is 73.8 Å². The van der Waals surface area contributed by atoms with Crippen molar-refractivity contribution in [3.05, 3.63) is 193 Å². The Balaban J connectivity index is 1.28. The average molecular weight is 787 g/mol. The van der Waals surface area contributed by atoms with E-state index in [-0.39, 0.29) is 0 Å². The Labute approximate surface area is 343 Å². The molecule has 3 aromatic heterocycles. The number of halogens is 3. The Morgan fingerprint density at radius 1 is 0.400 bits per heavy atom. The second kappa shape index (κ2) is 14.9. The molecule has 0 aliphatic carbocycles. The van der Waals surface area contributed by atoms with Crippen LogP contribution in [0.3, 0.4) is 0 Å². The monoisotopic (exact) mass is 786 g/mol. The molecule has 60 heavy (non-hydrogen) atoms. The van der Waals surface area contributed by atoms with Gasteiger partial charge in [0.05, 0.1) is 33.7 Å². The molecule has 0 amide bonds. The number of hydrogen-bond donors (Lipinski definition) is 0. The molecule has 0 aliphatic heterocycles. The van der Waals surface area contributed by atoms with Gasteiger partial charge in [-0.1, -0.05) is 133 Å². The number of nitrogens with zero attached hydrogens (tertiary/aromatic N) is 6. The summed E-state index contributed by atoms with van der Waals surface area (Å²) < 4.78 is 44.6. The van der Waals surface area contributed by atoms with Gasteiger partial charge in [0.2, 0.25) is 0 Å². The minimum atomic E-state index is -4.51. The Hall–Kier alpha value is -7.78. The molecule has 0 atom stereocenters. The van der Waals surface area contributed by atoms with Crippen molar-refractivity contribution >= 4 is 21.8 Å². The number of fused-ring (bicyclic) bond motifs is 3. The fourth-order valence-corrected chi connectivity index (χ4v) is 7.64. The van der Waals surface area contributed by atoms with Crippen LogP contribution in [0.25, 0.3) is 95.6 Å². The molecule has 0 bridgehead atoms. The Morgan fingerprint density at radius 3 is 1.38 bits per heavy atom. The Kier molecular flexibility index (Phi) is 9.06. The van der Waals surface area contributed by atoms with Gasteiger partial charge in [0.25, 0.3) is 0 Å². The van der Waals surface area contributed by atoms with Crippen molar-refractivity contribution in [2.24, 2.45) is 0 Å². The van der Waals surface area contributed by atoms with Gasteiger partial charge in [-0.25, -0.2) is 24.9 Å². The van der Waals surface area contributed by atoms with Crippen LogP contribution in [0.5, 0.6) is 0 Å². The Bertz CT molecular complexity index is 3070. The lowest BCUT2D eigenvalue weighted by atomic mass is 10.0. The smallest absolute Gasteiger partial charge is 0.309 e. The summed E-state index contributed by atoms with van der Waals surface area (Å²) in [6, 6.07) is 57.0. The molecular formula is C51H33F3N6. The molecule has 0 fully saturated rings. The van der Waals surface area contributed by atoms with Gasteiger partial charge in [-0.2, -0.15) is 13.2 Å². The third kappa shape index (κ3) is 6.86. The fourth-order valence-electron chi connectivity index (χ4n) is 7.64. The first kappa shape index (κ1) is 36.6. The summed E-state index contributed by atoms with van der Waals surface area (Å²) >= 11 is 0. The van der Waals surface area contributed by atoms with Crippen LogP contribution in [-0.2, 0) is 6.18 Å². The van der Waals surface area contributed by atoms with Crippen molar-refractivity contribution in [2.75, 3.05) is 0 Å². The third-order valence-electron chi connectivity index (χ3n) is 10.5. The van der Waals surface area contributed by atoms with E-state index < -0.39 is 11.7 Å². The number of benzene rings is 7. The zero-order valence-electron chi connectivity index (χ0n) is 32.1. The van der Waals surface area contributed by atoms with Crippen LogP contribution >= 0.6 is 0 Å². The van der Waals surface area contributed by atoms with Crippen molar-refractivity contribution in [2.45, 2.75) is 13.1 Å².